The van der Waals surface area contributed by atoms with E-state index in [0.29, 0.717) is 6.04 Å². The average molecular weight is 230 g/mol. The van der Waals surface area contributed by atoms with Gasteiger partial charge in [-0.05, 0) is 45.2 Å². The Kier molecular flexibility index (Phi) is 2.98. The highest BCUT2D eigenvalue weighted by molar-refractivity contribution is 5.85. The van der Waals surface area contributed by atoms with Crippen LogP contribution in [0.4, 0.5) is 0 Å². The van der Waals surface area contributed by atoms with E-state index in [4.69, 9.17) is 4.52 Å². The van der Waals surface area contributed by atoms with E-state index in [1.54, 1.807) is 0 Å². The van der Waals surface area contributed by atoms with Crippen LogP contribution in [-0.4, -0.2) is 28.1 Å². The summed E-state index contributed by atoms with van der Waals surface area (Å²) >= 11 is 0. The van der Waals surface area contributed by atoms with Crippen LogP contribution in [-0.2, 0) is 0 Å². The lowest BCUT2D eigenvalue weighted by atomic mass is 9.83. The lowest BCUT2D eigenvalue weighted by Gasteiger charge is -2.43. The average Bonchev–Trinajstić information content (AvgIpc) is 2.66. The minimum atomic E-state index is 0. The Labute approximate surface area is 95.4 Å². The summed E-state index contributed by atoms with van der Waals surface area (Å²) < 4.78 is 5.25. The maximum atomic E-state index is 5.25. The van der Waals surface area contributed by atoms with Crippen molar-refractivity contribution in [1.82, 2.24) is 15.0 Å². The number of fused-ring (bicyclic) bond motifs is 3. The zero-order valence-corrected chi connectivity index (χ0v) is 9.66. The van der Waals surface area contributed by atoms with Gasteiger partial charge in [0.1, 0.15) is 0 Å². The fourth-order valence-corrected chi connectivity index (χ4v) is 2.67. The molecule has 3 fully saturated rings. The monoisotopic (exact) mass is 229 g/mol. The SMILES string of the molecule is Cc1noc(C2CC3CCN2CC3)n1.Cl. The van der Waals surface area contributed by atoms with Gasteiger partial charge in [-0.2, -0.15) is 4.98 Å². The topological polar surface area (TPSA) is 42.2 Å². The molecule has 3 aliphatic heterocycles. The number of hydrogen-bond acceptors (Lipinski definition) is 4. The highest BCUT2D eigenvalue weighted by Crippen LogP contribution is 2.39. The molecule has 0 amide bonds. The molecule has 0 N–H and O–H groups in total. The number of nitrogens with zero attached hydrogens (tertiary/aromatic N) is 3. The minimum Gasteiger partial charge on any atom is -0.338 e. The van der Waals surface area contributed by atoms with Gasteiger partial charge in [0.25, 0.3) is 0 Å². The van der Waals surface area contributed by atoms with Crippen molar-refractivity contribution >= 4 is 12.4 Å². The highest BCUT2D eigenvalue weighted by atomic mass is 35.5. The van der Waals surface area contributed by atoms with Crippen LogP contribution in [0.3, 0.4) is 0 Å². The van der Waals surface area contributed by atoms with Crippen LogP contribution in [0.1, 0.15) is 37.0 Å². The largest absolute Gasteiger partial charge is 0.338 e. The van der Waals surface area contributed by atoms with E-state index in [2.05, 4.69) is 15.0 Å². The lowest BCUT2D eigenvalue weighted by molar-refractivity contribution is 0.0317. The van der Waals surface area contributed by atoms with Gasteiger partial charge in [-0.3, -0.25) is 4.90 Å². The summed E-state index contributed by atoms with van der Waals surface area (Å²) in [5, 5.41) is 3.86. The van der Waals surface area contributed by atoms with Crippen LogP contribution in [0.2, 0.25) is 0 Å². The number of aromatic nitrogens is 2. The quantitative estimate of drug-likeness (QED) is 0.738. The number of rotatable bonds is 1. The van der Waals surface area contributed by atoms with E-state index in [0.717, 1.165) is 17.6 Å². The van der Waals surface area contributed by atoms with Crippen LogP contribution in [0.5, 0.6) is 0 Å². The van der Waals surface area contributed by atoms with Crippen molar-refractivity contribution in [2.75, 3.05) is 13.1 Å². The lowest BCUT2D eigenvalue weighted by Crippen LogP contribution is -2.43. The summed E-state index contributed by atoms with van der Waals surface area (Å²) in [5.41, 5.74) is 0. The second kappa shape index (κ2) is 4.10. The molecule has 1 atom stereocenters. The third kappa shape index (κ3) is 1.88. The van der Waals surface area contributed by atoms with Crippen LogP contribution in [0, 0.1) is 12.8 Å². The molecular weight excluding hydrogens is 214 g/mol. The van der Waals surface area contributed by atoms with Crippen LogP contribution < -0.4 is 0 Å². The van der Waals surface area contributed by atoms with E-state index >= 15 is 0 Å². The van der Waals surface area contributed by atoms with Crippen LogP contribution >= 0.6 is 12.4 Å². The van der Waals surface area contributed by atoms with Gasteiger partial charge in [-0.15, -0.1) is 12.4 Å². The molecule has 84 valence electrons. The van der Waals surface area contributed by atoms with E-state index in [-0.39, 0.29) is 12.4 Å². The third-order valence-electron chi connectivity index (χ3n) is 3.47. The third-order valence-corrected chi connectivity index (χ3v) is 3.47. The zero-order valence-electron chi connectivity index (χ0n) is 8.85. The molecule has 0 radical (unpaired) electrons. The van der Waals surface area contributed by atoms with Gasteiger partial charge in [-0.25, -0.2) is 0 Å². The number of aryl methyl sites for hydroxylation is 1. The normalized spacial score (nSPS) is 33.8. The van der Waals surface area contributed by atoms with E-state index in [9.17, 15) is 0 Å². The first-order chi connectivity index (χ1) is 6.83. The molecule has 15 heavy (non-hydrogen) atoms. The summed E-state index contributed by atoms with van der Waals surface area (Å²) in [6.45, 7) is 4.29. The molecule has 0 spiro atoms. The maximum Gasteiger partial charge on any atom is 0.243 e. The fraction of sp³-hybridized carbons (Fsp3) is 0.800. The molecule has 1 aromatic heterocycles. The molecule has 0 saturated carbocycles. The predicted molar refractivity (Wildman–Crippen MR) is 57.9 cm³/mol. The van der Waals surface area contributed by atoms with Crippen LogP contribution in [0.25, 0.3) is 0 Å². The van der Waals surface area contributed by atoms with Gasteiger partial charge in [0.05, 0.1) is 6.04 Å². The van der Waals surface area contributed by atoms with Crippen molar-refractivity contribution in [3.8, 4) is 0 Å². The van der Waals surface area contributed by atoms with Gasteiger partial charge >= 0.3 is 0 Å². The predicted octanol–water partition coefficient (Wildman–Crippen LogP) is 1.96. The summed E-state index contributed by atoms with van der Waals surface area (Å²) in [4.78, 5) is 6.81. The Hall–Kier alpha value is -0.610. The molecule has 3 saturated heterocycles. The summed E-state index contributed by atoms with van der Waals surface area (Å²) in [7, 11) is 0. The van der Waals surface area contributed by atoms with Crippen molar-refractivity contribution in [3.05, 3.63) is 11.7 Å². The minimum absolute atomic E-state index is 0. The number of hydrogen-bond donors (Lipinski definition) is 0. The second-order valence-electron chi connectivity index (χ2n) is 4.41. The maximum absolute atomic E-state index is 5.25. The Bertz CT molecular complexity index is 333. The summed E-state index contributed by atoms with van der Waals surface area (Å²) in [5.74, 6) is 2.46. The molecule has 3 aliphatic rings. The van der Waals surface area contributed by atoms with Gasteiger partial charge in [0.2, 0.25) is 5.89 Å². The Balaban J connectivity index is 0.000000853. The van der Waals surface area contributed by atoms with Crippen molar-refractivity contribution in [2.24, 2.45) is 5.92 Å². The molecule has 4 nitrogen and oxygen atoms in total. The molecule has 2 bridgehead atoms. The Morgan fingerprint density at radius 3 is 2.53 bits per heavy atom. The van der Waals surface area contributed by atoms with Crippen LogP contribution in [0.15, 0.2) is 4.52 Å². The standard InChI is InChI=1S/C10H15N3O.ClH/c1-7-11-10(14-12-7)9-6-8-2-4-13(9)5-3-8;/h8-9H,2-6H2,1H3;1H. The van der Waals surface area contributed by atoms with Crippen molar-refractivity contribution in [3.63, 3.8) is 0 Å². The van der Waals surface area contributed by atoms with E-state index in [1.165, 1.54) is 32.4 Å². The van der Waals surface area contributed by atoms with Gasteiger partial charge < -0.3 is 4.52 Å². The van der Waals surface area contributed by atoms with E-state index < -0.39 is 0 Å². The first-order valence-corrected chi connectivity index (χ1v) is 5.37. The molecule has 5 heteroatoms. The van der Waals surface area contributed by atoms with E-state index in [1.807, 2.05) is 6.92 Å². The highest BCUT2D eigenvalue weighted by Gasteiger charge is 2.37. The van der Waals surface area contributed by atoms with Crippen molar-refractivity contribution < 1.29 is 4.52 Å². The van der Waals surface area contributed by atoms with Gasteiger partial charge in [0.15, 0.2) is 5.82 Å². The fourth-order valence-electron chi connectivity index (χ4n) is 2.67. The molecule has 0 aromatic carbocycles. The van der Waals surface area contributed by atoms with Gasteiger partial charge in [-0.1, -0.05) is 5.16 Å². The molecule has 1 aromatic rings. The first kappa shape index (κ1) is 10.9. The summed E-state index contributed by atoms with van der Waals surface area (Å²) in [6, 6.07) is 0.406. The first-order valence-electron chi connectivity index (χ1n) is 5.37. The molecule has 0 aliphatic carbocycles. The Morgan fingerprint density at radius 1 is 1.33 bits per heavy atom. The van der Waals surface area contributed by atoms with Gasteiger partial charge in [0, 0.05) is 0 Å². The second-order valence-corrected chi connectivity index (χ2v) is 4.41. The van der Waals surface area contributed by atoms with Crippen molar-refractivity contribution in [1.29, 1.82) is 0 Å². The molecular formula is C10H16ClN3O. The molecule has 4 rings (SSSR count). The number of halogens is 1. The summed E-state index contributed by atoms with van der Waals surface area (Å²) in [6.07, 6.45) is 3.91. The number of piperidine rings is 3. The Morgan fingerprint density at radius 2 is 2.07 bits per heavy atom. The zero-order chi connectivity index (χ0) is 9.54. The smallest absolute Gasteiger partial charge is 0.243 e. The molecule has 1 unspecified atom stereocenters. The molecule has 4 heterocycles. The van der Waals surface area contributed by atoms with Crippen molar-refractivity contribution in [2.45, 2.75) is 32.2 Å².